The highest BCUT2D eigenvalue weighted by molar-refractivity contribution is 6.52. The van der Waals surface area contributed by atoms with Crippen molar-refractivity contribution in [2.24, 2.45) is 0 Å². The molecule has 0 unspecified atom stereocenters. The van der Waals surface area contributed by atoms with Crippen molar-refractivity contribution in [3.63, 3.8) is 0 Å². The number of hydrogen-bond acceptors (Lipinski definition) is 10. The van der Waals surface area contributed by atoms with Gasteiger partial charge in [-0.05, 0) is 25.7 Å². The van der Waals surface area contributed by atoms with Crippen LogP contribution in [0.4, 0.5) is 0 Å². The van der Waals surface area contributed by atoms with Crippen molar-refractivity contribution in [1.29, 1.82) is 0 Å². The first-order valence-corrected chi connectivity index (χ1v) is 23.8. The van der Waals surface area contributed by atoms with Crippen LogP contribution in [0.2, 0.25) is 0 Å². The molecular weight excluding hydrogens is 753 g/mol. The van der Waals surface area contributed by atoms with Crippen LogP contribution in [0.5, 0.6) is 23.0 Å². The molecule has 0 radical (unpaired) electrons. The fourth-order valence-electron chi connectivity index (χ4n) is 7.70. The number of rotatable bonds is 32. The van der Waals surface area contributed by atoms with Crippen LogP contribution in [0.1, 0.15) is 203 Å². The van der Waals surface area contributed by atoms with Crippen LogP contribution in [0.3, 0.4) is 0 Å². The minimum atomic E-state index is -0.753. The van der Waals surface area contributed by atoms with Crippen molar-refractivity contribution in [2.45, 2.75) is 182 Å². The largest absolute Gasteiger partial charge is 0.490 e. The number of aromatic nitrogens is 4. The average molecular weight is 825 g/mol. The zero-order valence-electron chi connectivity index (χ0n) is 37.3. The fraction of sp³-hybridized carbons (Fsp3) is 0.640. The van der Waals surface area contributed by atoms with E-state index in [1.807, 2.05) is 12.1 Å². The highest BCUT2D eigenvalue weighted by atomic mass is 16.5. The van der Waals surface area contributed by atoms with Gasteiger partial charge in [0, 0.05) is 24.3 Å². The number of Topliss-reactive ketones (excluding diaryl/α,β-unsaturated/α-hetero) is 2. The highest BCUT2D eigenvalue weighted by Gasteiger charge is 2.36. The number of carbonyl (C=O) groups excluding carboxylic acids is 2. The van der Waals surface area contributed by atoms with Crippen LogP contribution >= 0.6 is 0 Å². The van der Waals surface area contributed by atoms with E-state index in [0.717, 1.165) is 51.4 Å². The predicted octanol–water partition coefficient (Wildman–Crippen LogP) is 13.6. The maximum atomic E-state index is 13.7. The molecule has 0 N–H and O–H groups in total. The van der Waals surface area contributed by atoms with E-state index in [2.05, 4.69) is 27.7 Å². The summed E-state index contributed by atoms with van der Waals surface area (Å²) in [7, 11) is 0. The summed E-state index contributed by atoms with van der Waals surface area (Å²) in [6.45, 7) is 11.1. The molecule has 328 valence electrons. The van der Waals surface area contributed by atoms with Gasteiger partial charge in [-0.15, -0.1) is 0 Å². The molecule has 60 heavy (non-hydrogen) atoms. The van der Waals surface area contributed by atoms with Crippen LogP contribution in [-0.4, -0.2) is 57.9 Å². The molecule has 0 bridgehead atoms. The predicted molar refractivity (Wildman–Crippen MR) is 242 cm³/mol. The Labute approximate surface area is 359 Å². The van der Waals surface area contributed by atoms with Crippen LogP contribution in [-0.2, 0) is 0 Å². The van der Waals surface area contributed by atoms with Gasteiger partial charge in [-0.1, -0.05) is 156 Å². The van der Waals surface area contributed by atoms with Gasteiger partial charge in [0.15, 0.2) is 23.0 Å². The summed E-state index contributed by atoms with van der Waals surface area (Å²) in [5, 5.41) is 0. The van der Waals surface area contributed by atoms with Gasteiger partial charge in [-0.3, -0.25) is 9.59 Å². The molecule has 2 aromatic carbocycles. The van der Waals surface area contributed by atoms with E-state index in [0.29, 0.717) is 71.5 Å². The lowest BCUT2D eigenvalue weighted by Gasteiger charge is -2.18. The first-order valence-electron chi connectivity index (χ1n) is 23.8. The van der Waals surface area contributed by atoms with Gasteiger partial charge in [0.05, 0.1) is 48.5 Å². The van der Waals surface area contributed by atoms with Gasteiger partial charge in [-0.2, -0.15) is 0 Å². The summed E-state index contributed by atoms with van der Waals surface area (Å²) >= 11 is 0. The van der Waals surface area contributed by atoms with E-state index >= 15 is 0 Å². The van der Waals surface area contributed by atoms with Gasteiger partial charge < -0.3 is 18.9 Å². The summed E-state index contributed by atoms with van der Waals surface area (Å²) in [5.74, 6) is 0.828. The van der Waals surface area contributed by atoms with Gasteiger partial charge in [0.2, 0.25) is 0 Å². The molecular formula is C50H72N4O6. The van der Waals surface area contributed by atoms with Crippen LogP contribution < -0.4 is 18.9 Å². The van der Waals surface area contributed by atoms with Crippen molar-refractivity contribution in [2.75, 3.05) is 26.4 Å². The summed E-state index contributed by atoms with van der Waals surface area (Å²) in [6, 6.07) is 7.26. The van der Waals surface area contributed by atoms with E-state index in [4.69, 9.17) is 38.9 Å². The highest BCUT2D eigenvalue weighted by Crippen LogP contribution is 2.38. The van der Waals surface area contributed by atoms with Crippen molar-refractivity contribution < 1.29 is 28.5 Å². The van der Waals surface area contributed by atoms with Gasteiger partial charge in [0.25, 0.3) is 11.6 Å². The third-order valence-electron chi connectivity index (χ3n) is 11.3. The lowest BCUT2D eigenvalue weighted by atomic mass is 9.97. The second-order valence-corrected chi connectivity index (χ2v) is 16.5. The van der Waals surface area contributed by atoms with Crippen molar-refractivity contribution in [3.8, 4) is 34.4 Å². The van der Waals surface area contributed by atoms with Crippen LogP contribution in [0.25, 0.3) is 33.5 Å². The summed E-state index contributed by atoms with van der Waals surface area (Å²) in [6.07, 6.45) is 27.7. The zero-order valence-corrected chi connectivity index (χ0v) is 37.3. The molecule has 0 fully saturated rings. The number of benzene rings is 2. The SMILES string of the molecule is CCCCCCCCOc1cc2nc3c(nc2cc1OCCCCCCCC)-c1nc2cc(OCCCCCCCC)c(OCCCCCCCC)cc2nc1C(=O)C3=O. The Hall–Kier alpha value is -4.34. The number of carbonyl (C=O) groups is 2. The Balaban J connectivity index is 1.43. The molecule has 0 atom stereocenters. The Kier molecular flexibility index (Phi) is 20.3. The van der Waals surface area contributed by atoms with Gasteiger partial charge in [-0.25, -0.2) is 19.9 Å². The number of ether oxygens (including phenoxy) is 4. The van der Waals surface area contributed by atoms with Crippen LogP contribution in [0.15, 0.2) is 24.3 Å². The van der Waals surface area contributed by atoms with E-state index in [9.17, 15) is 9.59 Å². The smallest absolute Gasteiger partial charge is 0.255 e. The molecule has 0 amide bonds. The number of nitrogens with zero attached hydrogens (tertiary/aromatic N) is 4. The first-order chi connectivity index (χ1) is 29.5. The number of hydrogen-bond donors (Lipinski definition) is 0. The molecule has 0 saturated heterocycles. The van der Waals surface area contributed by atoms with Crippen molar-refractivity contribution in [1.82, 2.24) is 19.9 Å². The lowest BCUT2D eigenvalue weighted by molar-refractivity contribution is 0.0809. The topological polar surface area (TPSA) is 123 Å². The molecule has 4 aromatic rings. The molecule has 0 saturated carbocycles. The number of unbranched alkanes of at least 4 members (excludes halogenated alkanes) is 20. The van der Waals surface area contributed by atoms with E-state index in [-0.39, 0.29) is 22.8 Å². The Morgan fingerprint density at radius 1 is 0.317 bits per heavy atom. The molecule has 0 spiro atoms. The normalized spacial score (nSPS) is 12.3. The average Bonchev–Trinajstić information content (AvgIpc) is 3.26. The quantitative estimate of drug-likeness (QED) is 0.0347. The van der Waals surface area contributed by atoms with E-state index in [1.165, 1.54) is 103 Å². The molecule has 2 aromatic heterocycles. The summed E-state index contributed by atoms with van der Waals surface area (Å²) < 4.78 is 25.3. The third-order valence-corrected chi connectivity index (χ3v) is 11.3. The summed E-state index contributed by atoms with van der Waals surface area (Å²) in [4.78, 5) is 46.8. The molecule has 10 nitrogen and oxygen atoms in total. The zero-order chi connectivity index (χ0) is 42.4. The monoisotopic (exact) mass is 825 g/mol. The molecule has 1 aliphatic carbocycles. The Morgan fingerprint density at radius 2 is 0.533 bits per heavy atom. The minimum absolute atomic E-state index is 0.0327. The fourth-order valence-corrected chi connectivity index (χ4v) is 7.70. The number of ketones is 2. The van der Waals surface area contributed by atoms with Gasteiger partial charge in [0.1, 0.15) is 22.8 Å². The Bertz CT molecular complexity index is 1810. The third kappa shape index (κ3) is 13.8. The van der Waals surface area contributed by atoms with Crippen LogP contribution in [0, 0.1) is 0 Å². The standard InChI is InChI=1S/C50H72N4O6/c1-5-9-13-17-21-25-29-57-41-33-37-39(35-43(41)59-31-27-23-19-15-11-7-3)53-47-45(51-37)46-48(50(56)49(47)55)54-40-36-44(60-32-28-24-20-16-12-8-4)42(34-38(40)52-46)58-30-26-22-18-14-10-6-2/h33-36H,5-32H2,1-4H3. The number of fused-ring (bicyclic) bond motifs is 5. The molecule has 1 aliphatic rings. The van der Waals surface area contributed by atoms with E-state index in [1.54, 1.807) is 12.1 Å². The van der Waals surface area contributed by atoms with E-state index < -0.39 is 11.6 Å². The lowest BCUT2D eigenvalue weighted by Crippen LogP contribution is -2.25. The summed E-state index contributed by atoms with van der Waals surface area (Å²) in [5.41, 5.74) is 2.35. The maximum Gasteiger partial charge on any atom is 0.255 e. The van der Waals surface area contributed by atoms with Crippen molar-refractivity contribution >= 4 is 33.6 Å². The second-order valence-electron chi connectivity index (χ2n) is 16.5. The molecule has 5 rings (SSSR count). The first kappa shape index (κ1) is 46.7. The Morgan fingerprint density at radius 3 is 0.783 bits per heavy atom. The molecule has 2 heterocycles. The minimum Gasteiger partial charge on any atom is -0.490 e. The maximum absolute atomic E-state index is 13.7. The van der Waals surface area contributed by atoms with Gasteiger partial charge >= 0.3 is 0 Å². The second kappa shape index (κ2) is 26.1. The molecule has 10 heteroatoms. The molecule has 0 aliphatic heterocycles. The van der Waals surface area contributed by atoms with Crippen molar-refractivity contribution in [3.05, 3.63) is 35.7 Å².